The van der Waals surface area contributed by atoms with Crippen molar-refractivity contribution in [2.45, 2.75) is 26.0 Å². The van der Waals surface area contributed by atoms with Gasteiger partial charge in [-0.15, -0.1) is 0 Å². The summed E-state index contributed by atoms with van der Waals surface area (Å²) in [6, 6.07) is 0. The van der Waals surface area contributed by atoms with Crippen molar-refractivity contribution in [1.29, 1.82) is 0 Å². The number of hydrogen-bond donors (Lipinski definition) is 1. The Bertz CT molecular complexity index is 114. The second-order valence-electron chi connectivity index (χ2n) is 2.09. The SMILES string of the molecule is CCC1NC(=O)CCO1. The first-order chi connectivity index (χ1) is 4.33. The van der Waals surface area contributed by atoms with Gasteiger partial charge in [-0.2, -0.15) is 0 Å². The van der Waals surface area contributed by atoms with Crippen LogP contribution in [-0.2, 0) is 9.53 Å². The third-order valence-corrected chi connectivity index (χ3v) is 1.34. The fraction of sp³-hybridized carbons (Fsp3) is 0.833. The molecule has 3 nitrogen and oxygen atoms in total. The topological polar surface area (TPSA) is 38.3 Å². The first-order valence-electron chi connectivity index (χ1n) is 3.24. The lowest BCUT2D eigenvalue weighted by molar-refractivity contribution is -0.133. The van der Waals surface area contributed by atoms with Gasteiger partial charge >= 0.3 is 0 Å². The summed E-state index contributed by atoms with van der Waals surface area (Å²) >= 11 is 0. The molecule has 1 atom stereocenters. The van der Waals surface area contributed by atoms with Gasteiger partial charge in [0.2, 0.25) is 5.91 Å². The fourth-order valence-electron chi connectivity index (χ4n) is 0.807. The van der Waals surface area contributed by atoms with Gasteiger partial charge in [0.25, 0.3) is 0 Å². The lowest BCUT2D eigenvalue weighted by atomic mass is 10.3. The summed E-state index contributed by atoms with van der Waals surface area (Å²) in [7, 11) is 0. The van der Waals surface area contributed by atoms with Crippen LogP contribution in [0.1, 0.15) is 19.8 Å². The van der Waals surface area contributed by atoms with Gasteiger partial charge in [-0.3, -0.25) is 4.79 Å². The summed E-state index contributed by atoms with van der Waals surface area (Å²) < 4.78 is 5.17. The zero-order chi connectivity index (χ0) is 6.69. The minimum Gasteiger partial charge on any atom is -0.358 e. The quantitative estimate of drug-likeness (QED) is 0.551. The summed E-state index contributed by atoms with van der Waals surface area (Å²) in [5.74, 6) is 0.105. The third kappa shape index (κ3) is 1.68. The molecule has 1 aliphatic rings. The maximum atomic E-state index is 10.6. The van der Waals surface area contributed by atoms with Gasteiger partial charge in [0.05, 0.1) is 13.0 Å². The molecule has 1 rings (SSSR count). The first kappa shape index (κ1) is 6.55. The minimum absolute atomic E-state index is 0.0359. The minimum atomic E-state index is -0.0359. The number of carbonyl (C=O) groups is 1. The van der Waals surface area contributed by atoms with E-state index in [4.69, 9.17) is 4.74 Å². The molecule has 1 fully saturated rings. The summed E-state index contributed by atoms with van der Waals surface area (Å²) in [6.45, 7) is 2.56. The summed E-state index contributed by atoms with van der Waals surface area (Å²) in [5, 5.41) is 2.70. The molecule has 1 unspecified atom stereocenters. The molecule has 0 aromatic heterocycles. The average Bonchev–Trinajstić information content (AvgIpc) is 1.88. The predicted octanol–water partition coefficient (Wildman–Crippen LogP) is 0.259. The van der Waals surface area contributed by atoms with Crippen molar-refractivity contribution in [3.8, 4) is 0 Å². The fourth-order valence-corrected chi connectivity index (χ4v) is 0.807. The number of rotatable bonds is 1. The van der Waals surface area contributed by atoms with Crippen molar-refractivity contribution in [2.75, 3.05) is 6.61 Å². The van der Waals surface area contributed by atoms with Gasteiger partial charge < -0.3 is 10.1 Å². The van der Waals surface area contributed by atoms with Crippen LogP contribution in [0.3, 0.4) is 0 Å². The largest absolute Gasteiger partial charge is 0.358 e. The Morgan fingerprint density at radius 3 is 3.11 bits per heavy atom. The van der Waals surface area contributed by atoms with E-state index in [1.807, 2.05) is 6.92 Å². The summed E-state index contributed by atoms with van der Waals surface area (Å²) in [4.78, 5) is 10.6. The summed E-state index contributed by atoms with van der Waals surface area (Å²) in [6.07, 6.45) is 1.33. The van der Waals surface area contributed by atoms with E-state index in [-0.39, 0.29) is 12.1 Å². The third-order valence-electron chi connectivity index (χ3n) is 1.34. The van der Waals surface area contributed by atoms with Crippen molar-refractivity contribution in [3.05, 3.63) is 0 Å². The molecular formula is C6H11NO2. The Morgan fingerprint density at radius 2 is 2.67 bits per heavy atom. The maximum absolute atomic E-state index is 10.6. The van der Waals surface area contributed by atoms with Crippen LogP contribution in [0.15, 0.2) is 0 Å². The number of hydrogen-bond acceptors (Lipinski definition) is 2. The molecule has 1 heterocycles. The Balaban J connectivity index is 2.32. The zero-order valence-electron chi connectivity index (χ0n) is 5.52. The van der Waals surface area contributed by atoms with E-state index in [9.17, 15) is 4.79 Å². The van der Waals surface area contributed by atoms with E-state index in [1.165, 1.54) is 0 Å². The highest BCUT2D eigenvalue weighted by atomic mass is 16.5. The standard InChI is InChI=1S/C6H11NO2/c1-2-6-7-5(8)3-4-9-6/h6H,2-4H2,1H3,(H,7,8). The highest BCUT2D eigenvalue weighted by Crippen LogP contribution is 2.00. The molecule has 3 heteroatoms. The van der Waals surface area contributed by atoms with E-state index in [0.717, 1.165) is 6.42 Å². The predicted molar refractivity (Wildman–Crippen MR) is 32.8 cm³/mol. The van der Waals surface area contributed by atoms with Gasteiger partial charge in [0.15, 0.2) is 0 Å². The van der Waals surface area contributed by atoms with Crippen LogP contribution < -0.4 is 5.32 Å². The van der Waals surface area contributed by atoms with Crippen LogP contribution in [0.25, 0.3) is 0 Å². The molecule has 1 aliphatic heterocycles. The monoisotopic (exact) mass is 129 g/mol. The molecule has 1 N–H and O–H groups in total. The average molecular weight is 129 g/mol. The van der Waals surface area contributed by atoms with Gasteiger partial charge in [0.1, 0.15) is 6.23 Å². The van der Waals surface area contributed by atoms with E-state index in [0.29, 0.717) is 13.0 Å². The van der Waals surface area contributed by atoms with Crippen molar-refractivity contribution in [3.63, 3.8) is 0 Å². The van der Waals surface area contributed by atoms with Gasteiger partial charge in [0, 0.05) is 0 Å². The van der Waals surface area contributed by atoms with Crippen LogP contribution in [0.5, 0.6) is 0 Å². The molecule has 9 heavy (non-hydrogen) atoms. The molecule has 0 aliphatic carbocycles. The lowest BCUT2D eigenvalue weighted by Gasteiger charge is -2.22. The molecule has 0 bridgehead atoms. The number of carbonyl (C=O) groups excluding carboxylic acids is 1. The van der Waals surface area contributed by atoms with Crippen LogP contribution in [-0.4, -0.2) is 18.7 Å². The Kier molecular flexibility index (Phi) is 2.05. The smallest absolute Gasteiger partial charge is 0.224 e. The Hall–Kier alpha value is -0.570. The lowest BCUT2D eigenvalue weighted by Crippen LogP contribution is -2.41. The highest BCUT2D eigenvalue weighted by Gasteiger charge is 2.15. The molecule has 0 aromatic rings. The Morgan fingerprint density at radius 1 is 1.89 bits per heavy atom. The molecule has 0 saturated carbocycles. The molecule has 0 aromatic carbocycles. The second kappa shape index (κ2) is 2.82. The molecule has 0 spiro atoms. The molecule has 1 saturated heterocycles. The van der Waals surface area contributed by atoms with E-state index in [2.05, 4.69) is 5.32 Å². The molecule has 1 amide bonds. The van der Waals surface area contributed by atoms with Crippen LogP contribution in [0.4, 0.5) is 0 Å². The number of ether oxygens (including phenoxy) is 1. The van der Waals surface area contributed by atoms with Crippen molar-refractivity contribution in [1.82, 2.24) is 5.32 Å². The van der Waals surface area contributed by atoms with E-state index < -0.39 is 0 Å². The van der Waals surface area contributed by atoms with Crippen LogP contribution >= 0.6 is 0 Å². The van der Waals surface area contributed by atoms with Crippen molar-refractivity contribution >= 4 is 5.91 Å². The van der Waals surface area contributed by atoms with Crippen LogP contribution in [0.2, 0.25) is 0 Å². The summed E-state index contributed by atoms with van der Waals surface area (Å²) in [5.41, 5.74) is 0. The molecular weight excluding hydrogens is 118 g/mol. The van der Waals surface area contributed by atoms with Gasteiger partial charge in [-0.1, -0.05) is 6.92 Å². The number of nitrogens with one attached hydrogen (secondary N) is 1. The first-order valence-corrected chi connectivity index (χ1v) is 3.24. The van der Waals surface area contributed by atoms with Gasteiger partial charge in [-0.25, -0.2) is 0 Å². The molecule has 52 valence electrons. The number of amides is 1. The maximum Gasteiger partial charge on any atom is 0.224 e. The van der Waals surface area contributed by atoms with E-state index >= 15 is 0 Å². The van der Waals surface area contributed by atoms with Gasteiger partial charge in [-0.05, 0) is 6.42 Å². The Labute approximate surface area is 54.4 Å². The highest BCUT2D eigenvalue weighted by molar-refractivity contribution is 5.76. The van der Waals surface area contributed by atoms with E-state index in [1.54, 1.807) is 0 Å². The van der Waals surface area contributed by atoms with Crippen molar-refractivity contribution < 1.29 is 9.53 Å². The zero-order valence-corrected chi connectivity index (χ0v) is 5.52. The normalized spacial score (nSPS) is 27.7. The van der Waals surface area contributed by atoms with Crippen molar-refractivity contribution in [2.24, 2.45) is 0 Å². The molecule has 0 radical (unpaired) electrons. The van der Waals surface area contributed by atoms with Crippen LogP contribution in [0, 0.1) is 0 Å². The second-order valence-corrected chi connectivity index (χ2v) is 2.09.